The number of allylic oxidation sites excluding steroid dienone is 2. The highest BCUT2D eigenvalue weighted by Gasteiger charge is 2.39. The standard InChI is InChI=1S/C6H8N2O3/c9-7-6(8(10)11)4-2-1-3-5-6/h1-4,7,9H,5H2. The van der Waals surface area contributed by atoms with Crippen LogP contribution < -0.4 is 5.48 Å². The molecular weight excluding hydrogens is 148 g/mol. The van der Waals surface area contributed by atoms with Crippen molar-refractivity contribution in [1.29, 1.82) is 0 Å². The zero-order valence-electron chi connectivity index (χ0n) is 5.73. The molecule has 1 aliphatic carbocycles. The van der Waals surface area contributed by atoms with Gasteiger partial charge in [0.2, 0.25) is 0 Å². The van der Waals surface area contributed by atoms with E-state index in [1.165, 1.54) is 12.2 Å². The molecule has 0 bridgehead atoms. The van der Waals surface area contributed by atoms with E-state index in [0.717, 1.165) is 0 Å². The fourth-order valence-corrected chi connectivity index (χ4v) is 0.868. The molecule has 0 fully saturated rings. The maximum atomic E-state index is 10.4. The molecule has 0 aromatic carbocycles. The summed E-state index contributed by atoms with van der Waals surface area (Å²) in [5.41, 5.74) is 0.161. The third-order valence-electron chi connectivity index (χ3n) is 1.57. The van der Waals surface area contributed by atoms with Crippen LogP contribution in [0.3, 0.4) is 0 Å². The summed E-state index contributed by atoms with van der Waals surface area (Å²) in [5, 5.41) is 18.9. The summed E-state index contributed by atoms with van der Waals surface area (Å²) in [4.78, 5) is 9.84. The Kier molecular flexibility index (Phi) is 2.02. The number of hydrogen-bond donors (Lipinski definition) is 2. The van der Waals surface area contributed by atoms with Crippen molar-refractivity contribution in [2.75, 3.05) is 0 Å². The first-order valence-electron chi connectivity index (χ1n) is 3.11. The van der Waals surface area contributed by atoms with E-state index in [4.69, 9.17) is 5.21 Å². The highest BCUT2D eigenvalue weighted by atomic mass is 16.6. The molecule has 0 aromatic rings. The molecule has 5 heteroatoms. The third-order valence-corrected chi connectivity index (χ3v) is 1.57. The van der Waals surface area contributed by atoms with Crippen LogP contribution in [0.5, 0.6) is 0 Å². The molecule has 60 valence electrons. The summed E-state index contributed by atoms with van der Waals surface area (Å²) in [6.07, 6.45) is 6.31. The van der Waals surface area contributed by atoms with Crippen molar-refractivity contribution in [3.63, 3.8) is 0 Å². The summed E-state index contributed by atoms with van der Waals surface area (Å²) in [7, 11) is 0. The van der Waals surface area contributed by atoms with Crippen LogP contribution in [-0.4, -0.2) is 15.8 Å². The predicted octanol–water partition coefficient (Wildman–Crippen LogP) is 0.454. The van der Waals surface area contributed by atoms with Gasteiger partial charge >= 0.3 is 5.66 Å². The highest BCUT2D eigenvalue weighted by Crippen LogP contribution is 2.16. The van der Waals surface area contributed by atoms with Crippen molar-refractivity contribution in [1.82, 2.24) is 5.48 Å². The average molecular weight is 156 g/mol. The van der Waals surface area contributed by atoms with Gasteiger partial charge in [0.25, 0.3) is 0 Å². The fourth-order valence-electron chi connectivity index (χ4n) is 0.868. The number of hydrogen-bond acceptors (Lipinski definition) is 4. The van der Waals surface area contributed by atoms with Gasteiger partial charge in [-0.3, -0.25) is 10.1 Å². The van der Waals surface area contributed by atoms with Crippen LogP contribution in [0.1, 0.15) is 6.42 Å². The van der Waals surface area contributed by atoms with Crippen molar-refractivity contribution in [2.45, 2.75) is 12.1 Å². The van der Waals surface area contributed by atoms with Gasteiger partial charge in [-0.1, -0.05) is 18.2 Å². The lowest BCUT2D eigenvalue weighted by Gasteiger charge is -2.19. The Bertz CT molecular complexity index is 224. The Labute approximate surface area is 63.1 Å². The van der Waals surface area contributed by atoms with E-state index < -0.39 is 10.6 Å². The second-order valence-corrected chi connectivity index (χ2v) is 2.28. The van der Waals surface area contributed by atoms with Crippen LogP contribution in [0.2, 0.25) is 0 Å². The molecule has 0 radical (unpaired) electrons. The molecule has 1 atom stereocenters. The summed E-state index contributed by atoms with van der Waals surface area (Å²) < 4.78 is 0. The number of rotatable bonds is 2. The van der Waals surface area contributed by atoms with Gasteiger partial charge in [0.15, 0.2) is 0 Å². The molecule has 0 aromatic heterocycles. The van der Waals surface area contributed by atoms with Crippen molar-refractivity contribution in [3.05, 3.63) is 34.4 Å². The number of nitro groups is 1. The first-order chi connectivity index (χ1) is 5.21. The minimum absolute atomic E-state index is 0.160. The van der Waals surface area contributed by atoms with Crippen molar-refractivity contribution < 1.29 is 10.1 Å². The summed E-state index contributed by atoms with van der Waals surface area (Å²) in [6, 6.07) is 0. The minimum Gasteiger partial charge on any atom is -0.310 e. The smallest absolute Gasteiger partial charge is 0.310 e. The lowest BCUT2D eigenvalue weighted by Crippen LogP contribution is -2.48. The SMILES string of the molecule is O=[N+]([O-])C1(NO)C=CC=CC1. The van der Waals surface area contributed by atoms with Crippen LogP contribution >= 0.6 is 0 Å². The second kappa shape index (κ2) is 2.81. The molecule has 0 saturated carbocycles. The molecule has 5 nitrogen and oxygen atoms in total. The van der Waals surface area contributed by atoms with E-state index in [2.05, 4.69) is 0 Å². The van der Waals surface area contributed by atoms with Crippen molar-refractivity contribution in [3.8, 4) is 0 Å². The Morgan fingerprint density at radius 3 is 2.64 bits per heavy atom. The quantitative estimate of drug-likeness (QED) is 0.346. The van der Waals surface area contributed by atoms with Gasteiger partial charge in [0.1, 0.15) is 0 Å². The summed E-state index contributed by atoms with van der Waals surface area (Å²) in [5.74, 6) is 0. The molecule has 0 saturated heterocycles. The Balaban J connectivity index is 2.85. The first kappa shape index (κ1) is 7.90. The van der Waals surface area contributed by atoms with E-state index >= 15 is 0 Å². The topological polar surface area (TPSA) is 75.4 Å². The van der Waals surface area contributed by atoms with Gasteiger partial charge < -0.3 is 5.21 Å². The lowest BCUT2D eigenvalue weighted by atomic mass is 10.0. The number of nitrogens with one attached hydrogen (secondary N) is 1. The van der Waals surface area contributed by atoms with Gasteiger partial charge in [-0.15, -0.1) is 5.48 Å². The van der Waals surface area contributed by atoms with E-state index in [1.54, 1.807) is 17.6 Å². The van der Waals surface area contributed by atoms with Crippen LogP contribution in [0, 0.1) is 10.1 Å². The Hall–Kier alpha value is -1.20. The fraction of sp³-hybridized carbons (Fsp3) is 0.333. The monoisotopic (exact) mass is 156 g/mol. The van der Waals surface area contributed by atoms with E-state index in [-0.39, 0.29) is 6.42 Å². The van der Waals surface area contributed by atoms with E-state index in [0.29, 0.717) is 0 Å². The molecule has 2 N–H and O–H groups in total. The zero-order valence-corrected chi connectivity index (χ0v) is 5.73. The Morgan fingerprint density at radius 1 is 1.64 bits per heavy atom. The molecule has 0 spiro atoms. The molecule has 11 heavy (non-hydrogen) atoms. The number of hydroxylamine groups is 1. The van der Waals surface area contributed by atoms with Gasteiger partial charge in [-0.25, -0.2) is 0 Å². The minimum atomic E-state index is -1.52. The lowest BCUT2D eigenvalue weighted by molar-refractivity contribution is -0.573. The molecule has 1 unspecified atom stereocenters. The summed E-state index contributed by atoms with van der Waals surface area (Å²) in [6.45, 7) is 0. The maximum absolute atomic E-state index is 10.4. The third kappa shape index (κ3) is 1.28. The van der Waals surface area contributed by atoms with Crippen molar-refractivity contribution in [2.24, 2.45) is 0 Å². The molecule has 0 amide bonds. The highest BCUT2D eigenvalue weighted by molar-refractivity contribution is 5.16. The van der Waals surface area contributed by atoms with Gasteiger partial charge in [0.05, 0.1) is 6.42 Å². The number of nitrogens with zero attached hydrogens (tertiary/aromatic N) is 1. The maximum Gasteiger partial charge on any atom is 0.318 e. The van der Waals surface area contributed by atoms with Crippen molar-refractivity contribution >= 4 is 0 Å². The largest absolute Gasteiger partial charge is 0.318 e. The second-order valence-electron chi connectivity index (χ2n) is 2.28. The molecule has 1 aliphatic rings. The molecule has 1 rings (SSSR count). The predicted molar refractivity (Wildman–Crippen MR) is 37.5 cm³/mol. The Morgan fingerprint density at radius 2 is 2.36 bits per heavy atom. The average Bonchev–Trinajstić information content (AvgIpc) is 2.05. The van der Waals surface area contributed by atoms with Gasteiger partial charge in [-0.2, -0.15) is 0 Å². The van der Waals surface area contributed by atoms with E-state index in [9.17, 15) is 10.1 Å². The molecule has 0 aliphatic heterocycles. The zero-order chi connectivity index (χ0) is 8.32. The molecule has 0 heterocycles. The van der Waals surface area contributed by atoms with Gasteiger partial charge in [-0.05, 0) is 0 Å². The summed E-state index contributed by atoms with van der Waals surface area (Å²) >= 11 is 0. The van der Waals surface area contributed by atoms with E-state index in [1.807, 2.05) is 0 Å². The van der Waals surface area contributed by atoms with Gasteiger partial charge in [0, 0.05) is 11.0 Å². The van der Waals surface area contributed by atoms with Crippen LogP contribution in [0.4, 0.5) is 0 Å². The normalized spacial score (nSPS) is 28.8. The first-order valence-corrected chi connectivity index (χ1v) is 3.11. The van der Waals surface area contributed by atoms with Crippen LogP contribution in [0.25, 0.3) is 0 Å². The van der Waals surface area contributed by atoms with Crippen LogP contribution in [-0.2, 0) is 0 Å². The van der Waals surface area contributed by atoms with Crippen LogP contribution in [0.15, 0.2) is 24.3 Å². The molecular formula is C6H8N2O3.